The van der Waals surface area contributed by atoms with Crippen molar-refractivity contribution in [1.29, 1.82) is 0 Å². The van der Waals surface area contributed by atoms with E-state index < -0.39 is 20.5 Å². The Hall–Kier alpha value is -1.24. The molecule has 0 heterocycles. The Morgan fingerprint density at radius 3 is 2.11 bits per heavy atom. The van der Waals surface area contributed by atoms with Crippen LogP contribution in [0, 0.1) is 0 Å². The summed E-state index contributed by atoms with van der Waals surface area (Å²) in [5.74, 6) is 0. The van der Waals surface area contributed by atoms with E-state index in [1.165, 1.54) is 12.8 Å². The zero-order valence-corrected chi connectivity index (χ0v) is 13.3. The van der Waals surface area contributed by atoms with Crippen molar-refractivity contribution in [3.05, 3.63) is 0 Å². The van der Waals surface area contributed by atoms with Gasteiger partial charge in [-0.05, 0) is 26.1 Å². The summed E-state index contributed by atoms with van der Waals surface area (Å²) in [7, 11) is -1.99. The molecule has 0 N–H and O–H groups in total. The van der Waals surface area contributed by atoms with E-state index >= 15 is 0 Å². The highest BCUT2D eigenvalue weighted by molar-refractivity contribution is 6.71. The molecule has 0 aromatic heterocycles. The molecular weight excluding hydrogens is 264 g/mol. The van der Waals surface area contributed by atoms with Crippen LogP contribution >= 0.6 is 0 Å². The minimum atomic E-state index is -1.99. The van der Waals surface area contributed by atoms with Gasteiger partial charge < -0.3 is 9.16 Å². The molecule has 0 bridgehead atoms. The molecule has 0 saturated carbocycles. The number of rotatable bonds is 7. The van der Waals surface area contributed by atoms with Gasteiger partial charge in [0.05, 0.1) is 6.61 Å². The van der Waals surface area contributed by atoms with Gasteiger partial charge in [0.15, 0.2) is 0 Å². The quantitative estimate of drug-likeness (QED) is 0.392. The molecule has 0 spiro atoms. The van der Waals surface area contributed by atoms with Gasteiger partial charge in [-0.25, -0.2) is 9.59 Å². The first-order valence-corrected chi connectivity index (χ1v) is 10.1. The number of nitrogens with zero attached hydrogens (tertiary/aromatic N) is 2. The average Bonchev–Trinajstić information content (AvgIpc) is 2.29. The molecule has 0 aromatic carbocycles. The van der Waals surface area contributed by atoms with E-state index in [4.69, 9.17) is 9.16 Å². The van der Waals surface area contributed by atoms with Crippen LogP contribution in [0.15, 0.2) is 10.2 Å². The van der Waals surface area contributed by atoms with Crippen LogP contribution in [0.25, 0.3) is 0 Å². The molecule has 0 atom stereocenters. The standard InChI is InChI=1S/C12H24N2O4Si/c1-5-6-7-8-9-10-17-11(15)13-14-12(16)18-19(2,3)4/h5-10H2,1-4H3/b14-13+. The molecule has 0 rings (SSSR count). The fourth-order valence-corrected chi connectivity index (χ4v) is 1.82. The lowest BCUT2D eigenvalue weighted by Gasteiger charge is -2.13. The molecule has 0 unspecified atom stereocenters. The van der Waals surface area contributed by atoms with Crippen molar-refractivity contribution in [2.45, 2.75) is 58.7 Å². The lowest BCUT2D eigenvalue weighted by atomic mass is 10.2. The smallest absolute Gasteiger partial charge is 0.452 e. The van der Waals surface area contributed by atoms with Gasteiger partial charge in [-0.1, -0.05) is 42.8 Å². The van der Waals surface area contributed by atoms with Gasteiger partial charge in [-0.3, -0.25) is 0 Å². The van der Waals surface area contributed by atoms with E-state index in [-0.39, 0.29) is 0 Å². The van der Waals surface area contributed by atoms with Crippen molar-refractivity contribution in [3.63, 3.8) is 0 Å². The van der Waals surface area contributed by atoms with E-state index in [0.717, 1.165) is 19.3 Å². The Morgan fingerprint density at radius 1 is 0.947 bits per heavy atom. The normalized spacial score (nSPS) is 11.6. The first kappa shape index (κ1) is 17.8. The fraction of sp³-hybridized carbons (Fsp3) is 0.833. The maximum atomic E-state index is 11.2. The first-order chi connectivity index (χ1) is 8.85. The second-order valence-electron chi connectivity index (χ2n) is 5.21. The van der Waals surface area contributed by atoms with Crippen molar-refractivity contribution >= 4 is 20.5 Å². The van der Waals surface area contributed by atoms with Crippen LogP contribution in [-0.4, -0.2) is 27.1 Å². The van der Waals surface area contributed by atoms with Gasteiger partial charge in [-0.15, -0.1) is 0 Å². The van der Waals surface area contributed by atoms with Crippen LogP contribution in [0.4, 0.5) is 9.59 Å². The second kappa shape index (κ2) is 9.66. The zero-order chi connectivity index (χ0) is 14.7. The number of carbonyl (C=O) groups excluding carboxylic acids is 2. The Balaban J connectivity index is 3.71. The van der Waals surface area contributed by atoms with Gasteiger partial charge in [0.2, 0.25) is 8.32 Å². The third kappa shape index (κ3) is 13.0. The Morgan fingerprint density at radius 2 is 1.53 bits per heavy atom. The van der Waals surface area contributed by atoms with Crippen LogP contribution in [0.1, 0.15) is 39.0 Å². The third-order valence-corrected chi connectivity index (χ3v) is 2.87. The first-order valence-electron chi connectivity index (χ1n) is 6.66. The summed E-state index contributed by atoms with van der Waals surface area (Å²) in [6, 6.07) is 0. The van der Waals surface area contributed by atoms with Crippen LogP contribution in [0.5, 0.6) is 0 Å². The molecule has 0 radical (unpaired) electrons. The summed E-state index contributed by atoms with van der Waals surface area (Å²) in [5.41, 5.74) is 0. The maximum Gasteiger partial charge on any atom is 0.452 e. The molecule has 110 valence electrons. The number of azo groups is 1. The number of carbonyl (C=O) groups is 2. The summed E-state index contributed by atoms with van der Waals surface area (Å²) in [5, 5.41) is 6.32. The van der Waals surface area contributed by atoms with Gasteiger partial charge >= 0.3 is 12.2 Å². The van der Waals surface area contributed by atoms with E-state index in [2.05, 4.69) is 17.2 Å². The molecule has 0 fully saturated rings. The number of amides is 2. The van der Waals surface area contributed by atoms with Crippen molar-refractivity contribution in [3.8, 4) is 0 Å². The SMILES string of the molecule is CCCCCCCOC(=O)/N=N/C(=O)O[Si](C)(C)C. The number of unbranched alkanes of at least 4 members (excludes halogenated alkanes) is 4. The third-order valence-electron chi connectivity index (χ3n) is 2.08. The Bertz CT molecular complexity index is 313. The van der Waals surface area contributed by atoms with Crippen LogP contribution in [0.3, 0.4) is 0 Å². The van der Waals surface area contributed by atoms with E-state index in [9.17, 15) is 9.59 Å². The Labute approximate surface area is 115 Å². The fourth-order valence-electron chi connectivity index (χ4n) is 1.26. The molecule has 0 saturated heterocycles. The summed E-state index contributed by atoms with van der Waals surface area (Å²) < 4.78 is 9.80. The molecule has 0 aliphatic heterocycles. The van der Waals surface area contributed by atoms with Gasteiger partial charge in [0.1, 0.15) is 0 Å². The molecule has 0 aliphatic rings. The molecule has 19 heavy (non-hydrogen) atoms. The largest absolute Gasteiger partial charge is 0.502 e. The Kier molecular flexibility index (Phi) is 9.02. The minimum Gasteiger partial charge on any atom is -0.502 e. The summed E-state index contributed by atoms with van der Waals surface area (Å²) in [4.78, 5) is 22.3. The van der Waals surface area contributed by atoms with Crippen LogP contribution < -0.4 is 0 Å². The minimum absolute atomic E-state index is 0.310. The predicted octanol–water partition coefficient (Wildman–Crippen LogP) is 4.52. The van der Waals surface area contributed by atoms with E-state index in [1.807, 2.05) is 19.6 Å². The molecule has 0 aliphatic carbocycles. The lowest BCUT2D eigenvalue weighted by Crippen LogP contribution is -2.27. The monoisotopic (exact) mass is 288 g/mol. The van der Waals surface area contributed by atoms with Gasteiger partial charge in [0, 0.05) is 0 Å². The molecule has 2 amide bonds. The zero-order valence-electron chi connectivity index (χ0n) is 12.3. The molecule has 0 aromatic rings. The topological polar surface area (TPSA) is 77.3 Å². The summed E-state index contributed by atoms with van der Waals surface area (Å²) in [6.07, 6.45) is 3.65. The van der Waals surface area contributed by atoms with Crippen LogP contribution in [0.2, 0.25) is 19.6 Å². The summed E-state index contributed by atoms with van der Waals surface area (Å²) >= 11 is 0. The predicted molar refractivity (Wildman–Crippen MR) is 74.8 cm³/mol. The van der Waals surface area contributed by atoms with Gasteiger partial charge in [-0.2, -0.15) is 0 Å². The highest BCUT2D eigenvalue weighted by Gasteiger charge is 2.19. The highest BCUT2D eigenvalue weighted by atomic mass is 28.4. The summed E-state index contributed by atoms with van der Waals surface area (Å²) in [6.45, 7) is 7.98. The van der Waals surface area contributed by atoms with Crippen molar-refractivity contribution < 1.29 is 18.8 Å². The van der Waals surface area contributed by atoms with Gasteiger partial charge in [0.25, 0.3) is 0 Å². The molecule has 7 heteroatoms. The molecular formula is C12H24N2O4Si. The van der Waals surface area contributed by atoms with Crippen LogP contribution in [-0.2, 0) is 9.16 Å². The number of ether oxygens (including phenoxy) is 1. The lowest BCUT2D eigenvalue weighted by molar-refractivity contribution is 0.151. The van der Waals surface area contributed by atoms with E-state index in [0.29, 0.717) is 6.61 Å². The van der Waals surface area contributed by atoms with Crippen molar-refractivity contribution in [2.75, 3.05) is 6.61 Å². The number of hydrogen-bond acceptors (Lipinski definition) is 4. The van der Waals surface area contributed by atoms with E-state index in [1.54, 1.807) is 0 Å². The molecule has 6 nitrogen and oxygen atoms in total. The van der Waals surface area contributed by atoms with Crippen molar-refractivity contribution in [2.24, 2.45) is 10.2 Å². The number of hydrogen-bond donors (Lipinski definition) is 0. The maximum absolute atomic E-state index is 11.2. The average molecular weight is 288 g/mol. The highest BCUT2D eigenvalue weighted by Crippen LogP contribution is 2.05. The van der Waals surface area contributed by atoms with Crippen molar-refractivity contribution in [1.82, 2.24) is 0 Å². The second-order valence-corrected chi connectivity index (χ2v) is 9.64.